The van der Waals surface area contributed by atoms with Gasteiger partial charge in [-0.1, -0.05) is 53.3 Å². The van der Waals surface area contributed by atoms with E-state index in [1.165, 1.54) is 49.4 Å². The molecule has 1 aliphatic heterocycles. The van der Waals surface area contributed by atoms with E-state index in [9.17, 15) is 27.2 Å². The van der Waals surface area contributed by atoms with Gasteiger partial charge in [-0.05, 0) is 82.0 Å². The predicted molar refractivity (Wildman–Crippen MR) is 157 cm³/mol. The lowest BCUT2D eigenvalue weighted by Crippen LogP contribution is -2.41. The SMILES string of the molecule is CCOC(=O)C1=C(C(F)(F)F)N=c2s/c(=C\c3ccc(OCc4ccc(F)cc4)c(Br)c3)c(=O)n2[C@@H]1c1ccc(Cl)cc1. The fourth-order valence-electron chi connectivity index (χ4n) is 4.42. The van der Waals surface area contributed by atoms with Gasteiger partial charge in [-0.25, -0.2) is 14.2 Å². The number of ether oxygens (including phenoxy) is 2. The highest BCUT2D eigenvalue weighted by atomic mass is 79.9. The zero-order valence-electron chi connectivity index (χ0n) is 22.1. The Kier molecular flexibility index (Phi) is 8.91. The fourth-order valence-corrected chi connectivity index (χ4v) is 6.06. The van der Waals surface area contributed by atoms with E-state index in [1.807, 2.05) is 0 Å². The van der Waals surface area contributed by atoms with Crippen molar-refractivity contribution in [3.63, 3.8) is 0 Å². The van der Waals surface area contributed by atoms with Crippen LogP contribution < -0.4 is 19.6 Å². The van der Waals surface area contributed by atoms with Crippen LogP contribution in [0.4, 0.5) is 17.6 Å². The molecular formula is C30H20BrClF4N2O4S. The van der Waals surface area contributed by atoms with Crippen LogP contribution in [-0.2, 0) is 16.1 Å². The number of carbonyl (C=O) groups is 1. The summed E-state index contributed by atoms with van der Waals surface area (Å²) < 4.78 is 68.4. The van der Waals surface area contributed by atoms with Crippen LogP contribution in [0.5, 0.6) is 5.75 Å². The van der Waals surface area contributed by atoms with Gasteiger partial charge in [0.2, 0.25) is 0 Å². The van der Waals surface area contributed by atoms with Crippen molar-refractivity contribution in [2.75, 3.05) is 6.61 Å². The Bertz CT molecular complexity index is 1900. The largest absolute Gasteiger partial charge is 0.488 e. The second-order valence-electron chi connectivity index (χ2n) is 9.22. The quantitative estimate of drug-likeness (QED) is 0.164. The van der Waals surface area contributed by atoms with Gasteiger partial charge in [-0.3, -0.25) is 9.36 Å². The Hall–Kier alpha value is -3.74. The minimum Gasteiger partial charge on any atom is -0.488 e. The molecule has 43 heavy (non-hydrogen) atoms. The minimum absolute atomic E-state index is 0.0937. The molecule has 222 valence electrons. The van der Waals surface area contributed by atoms with E-state index < -0.39 is 35.0 Å². The molecule has 0 bridgehead atoms. The third-order valence-corrected chi connectivity index (χ3v) is 8.20. The third-order valence-electron chi connectivity index (χ3n) is 6.34. The van der Waals surface area contributed by atoms with Gasteiger partial charge in [-0.15, -0.1) is 0 Å². The lowest BCUT2D eigenvalue weighted by Gasteiger charge is -2.26. The second-order valence-corrected chi connectivity index (χ2v) is 11.5. The van der Waals surface area contributed by atoms with Crippen molar-refractivity contribution in [1.29, 1.82) is 0 Å². The Morgan fingerprint density at radius 1 is 1.12 bits per heavy atom. The Balaban J connectivity index is 1.59. The molecule has 0 fully saturated rings. The molecule has 0 aliphatic carbocycles. The molecular weight excluding hydrogens is 676 g/mol. The summed E-state index contributed by atoms with van der Waals surface area (Å²) in [5, 5.41) is 0.324. The summed E-state index contributed by atoms with van der Waals surface area (Å²) in [5.74, 6) is -1.10. The summed E-state index contributed by atoms with van der Waals surface area (Å²) in [7, 11) is 0. The molecule has 3 aromatic carbocycles. The van der Waals surface area contributed by atoms with E-state index in [0.717, 1.165) is 21.5 Å². The zero-order chi connectivity index (χ0) is 30.9. The van der Waals surface area contributed by atoms with Crippen LogP contribution in [0.3, 0.4) is 0 Å². The first-order valence-corrected chi connectivity index (χ1v) is 14.7. The molecule has 0 saturated carbocycles. The average Bonchev–Trinajstić information content (AvgIpc) is 3.27. The first-order chi connectivity index (χ1) is 20.5. The van der Waals surface area contributed by atoms with E-state index in [1.54, 1.807) is 30.3 Å². The van der Waals surface area contributed by atoms with Gasteiger partial charge < -0.3 is 9.47 Å². The highest BCUT2D eigenvalue weighted by Crippen LogP contribution is 2.38. The number of allylic oxidation sites excluding steroid dienone is 1. The molecule has 1 atom stereocenters. The molecule has 0 saturated heterocycles. The Morgan fingerprint density at radius 3 is 2.44 bits per heavy atom. The molecule has 0 spiro atoms. The first-order valence-electron chi connectivity index (χ1n) is 12.7. The molecule has 4 aromatic rings. The van der Waals surface area contributed by atoms with Crippen molar-refractivity contribution in [3.05, 3.63) is 130 Å². The second kappa shape index (κ2) is 12.5. The number of esters is 1. The van der Waals surface area contributed by atoms with Crippen molar-refractivity contribution in [3.8, 4) is 5.75 Å². The zero-order valence-corrected chi connectivity index (χ0v) is 25.3. The maximum Gasteiger partial charge on any atom is 0.434 e. The van der Waals surface area contributed by atoms with E-state index in [4.69, 9.17) is 21.1 Å². The lowest BCUT2D eigenvalue weighted by atomic mass is 9.95. The summed E-state index contributed by atoms with van der Waals surface area (Å²) in [5.41, 5.74) is -1.32. The molecule has 0 unspecified atom stereocenters. The van der Waals surface area contributed by atoms with Gasteiger partial charge in [0.1, 0.15) is 18.2 Å². The van der Waals surface area contributed by atoms with Crippen LogP contribution >= 0.6 is 38.9 Å². The Morgan fingerprint density at radius 2 is 1.81 bits per heavy atom. The number of carbonyl (C=O) groups excluding carboxylic acids is 1. The van der Waals surface area contributed by atoms with E-state index >= 15 is 0 Å². The third kappa shape index (κ3) is 6.61. The predicted octanol–water partition coefficient (Wildman–Crippen LogP) is 6.47. The molecule has 1 aliphatic rings. The molecule has 6 nitrogen and oxygen atoms in total. The van der Waals surface area contributed by atoms with Crippen molar-refractivity contribution in [2.24, 2.45) is 4.99 Å². The van der Waals surface area contributed by atoms with Gasteiger partial charge in [-0.2, -0.15) is 13.2 Å². The van der Waals surface area contributed by atoms with Crippen molar-refractivity contribution in [1.82, 2.24) is 4.57 Å². The van der Waals surface area contributed by atoms with Gasteiger partial charge in [0.15, 0.2) is 10.5 Å². The fraction of sp³-hybridized carbons (Fsp3) is 0.167. The average molecular weight is 696 g/mol. The van der Waals surface area contributed by atoms with Crippen LogP contribution in [0.2, 0.25) is 5.02 Å². The van der Waals surface area contributed by atoms with Gasteiger partial charge >= 0.3 is 12.1 Å². The molecule has 2 heterocycles. The summed E-state index contributed by atoms with van der Waals surface area (Å²) in [4.78, 5) is 30.2. The summed E-state index contributed by atoms with van der Waals surface area (Å²) in [6.07, 6.45) is -3.49. The number of alkyl halides is 3. The van der Waals surface area contributed by atoms with Crippen LogP contribution in [0, 0.1) is 5.82 Å². The van der Waals surface area contributed by atoms with Gasteiger partial charge in [0.05, 0.1) is 27.2 Å². The normalized spacial score (nSPS) is 15.2. The number of thiazole rings is 1. The van der Waals surface area contributed by atoms with E-state index in [2.05, 4.69) is 20.9 Å². The monoisotopic (exact) mass is 694 g/mol. The molecule has 0 amide bonds. The highest BCUT2D eigenvalue weighted by Gasteiger charge is 2.45. The summed E-state index contributed by atoms with van der Waals surface area (Å²) in [6, 6.07) is 15.2. The number of benzene rings is 3. The van der Waals surface area contributed by atoms with E-state index in [-0.39, 0.29) is 33.9 Å². The molecule has 5 rings (SSSR count). The summed E-state index contributed by atoms with van der Waals surface area (Å²) >= 11 is 10.2. The van der Waals surface area contributed by atoms with Crippen molar-refractivity contribution < 1.29 is 31.8 Å². The van der Waals surface area contributed by atoms with Gasteiger partial charge in [0.25, 0.3) is 5.56 Å². The summed E-state index contributed by atoms with van der Waals surface area (Å²) in [6.45, 7) is 1.48. The number of aromatic nitrogens is 1. The van der Waals surface area contributed by atoms with Gasteiger partial charge in [0, 0.05) is 5.02 Å². The highest BCUT2D eigenvalue weighted by molar-refractivity contribution is 9.10. The topological polar surface area (TPSA) is 69.9 Å². The maximum atomic E-state index is 14.3. The molecule has 0 radical (unpaired) electrons. The molecule has 0 N–H and O–H groups in total. The Labute approximate surface area is 259 Å². The van der Waals surface area contributed by atoms with Crippen LogP contribution in [-0.4, -0.2) is 23.3 Å². The van der Waals surface area contributed by atoms with E-state index in [0.29, 0.717) is 20.8 Å². The van der Waals surface area contributed by atoms with Crippen molar-refractivity contribution >= 4 is 50.9 Å². The molecule has 1 aromatic heterocycles. The number of fused-ring (bicyclic) bond motifs is 1. The first kappa shape index (κ1) is 30.7. The standard InChI is InChI=1S/C30H20BrClF4N2O4S/c1-2-41-28(40)24-25(18-6-8-19(32)9-7-18)38-27(39)23(43-29(38)37-26(24)30(34,35)36)14-17-5-12-22(21(31)13-17)42-15-16-3-10-20(33)11-4-16/h3-14,25H,2,15H2,1H3/b23-14-/t25-/m1/s1. The molecule has 13 heteroatoms. The number of nitrogens with zero attached hydrogens (tertiary/aromatic N) is 2. The maximum absolute atomic E-state index is 14.3. The smallest absolute Gasteiger partial charge is 0.434 e. The number of halogens is 6. The lowest BCUT2D eigenvalue weighted by molar-refractivity contribution is -0.140. The van der Waals surface area contributed by atoms with Crippen LogP contribution in [0.1, 0.15) is 29.7 Å². The minimum atomic E-state index is -5.00. The van der Waals surface area contributed by atoms with Crippen molar-refractivity contribution in [2.45, 2.75) is 25.7 Å². The number of hydrogen-bond donors (Lipinski definition) is 0. The number of hydrogen-bond acceptors (Lipinski definition) is 6. The van der Waals surface area contributed by atoms with Crippen LogP contribution in [0.25, 0.3) is 6.08 Å². The number of rotatable bonds is 7. The van der Waals surface area contributed by atoms with Crippen LogP contribution in [0.15, 0.2) is 92.3 Å².